The van der Waals surface area contributed by atoms with Crippen LogP contribution in [0, 0.1) is 0 Å². The zero-order valence-electron chi connectivity index (χ0n) is 10.8. The van der Waals surface area contributed by atoms with Gasteiger partial charge >= 0.3 is 0 Å². The molecule has 0 aromatic heterocycles. The average Bonchev–Trinajstić information content (AvgIpc) is 3.26. The van der Waals surface area contributed by atoms with Crippen LogP contribution in [0.2, 0.25) is 5.02 Å². The Kier molecular flexibility index (Phi) is 3.14. The molecule has 0 saturated heterocycles. The van der Waals surface area contributed by atoms with Crippen LogP contribution in [-0.2, 0) is 10.2 Å². The van der Waals surface area contributed by atoms with Crippen LogP contribution in [-0.4, -0.2) is 11.0 Å². The Labute approximate surface area is 122 Å². The molecule has 2 aromatic carbocycles. The van der Waals surface area contributed by atoms with E-state index in [1.165, 1.54) is 6.07 Å². The van der Waals surface area contributed by atoms with E-state index in [4.69, 9.17) is 11.6 Å². The van der Waals surface area contributed by atoms with Crippen LogP contribution in [0.5, 0.6) is 5.75 Å². The van der Waals surface area contributed by atoms with Crippen molar-refractivity contribution < 1.29 is 9.90 Å². The van der Waals surface area contributed by atoms with Crippen molar-refractivity contribution in [1.82, 2.24) is 0 Å². The number of rotatable bonds is 3. The smallest absolute Gasteiger partial charge is 0.235 e. The van der Waals surface area contributed by atoms with Gasteiger partial charge < -0.3 is 10.4 Å². The van der Waals surface area contributed by atoms with Gasteiger partial charge in [0, 0.05) is 11.8 Å². The van der Waals surface area contributed by atoms with Crippen molar-refractivity contribution in [2.45, 2.75) is 18.3 Å². The summed E-state index contributed by atoms with van der Waals surface area (Å²) in [5.41, 5.74) is 1.17. The van der Waals surface area contributed by atoms with Gasteiger partial charge in [-0.15, -0.1) is 0 Å². The van der Waals surface area contributed by atoms with Gasteiger partial charge in [-0.2, -0.15) is 0 Å². The highest BCUT2D eigenvalue weighted by atomic mass is 35.5. The van der Waals surface area contributed by atoms with Gasteiger partial charge in [0.2, 0.25) is 5.91 Å². The molecule has 3 nitrogen and oxygen atoms in total. The molecule has 102 valence electrons. The number of phenolic OH excluding ortho intramolecular Hbond substituents is 1. The third-order valence-electron chi connectivity index (χ3n) is 3.72. The first-order valence-electron chi connectivity index (χ1n) is 6.47. The molecule has 0 radical (unpaired) electrons. The van der Waals surface area contributed by atoms with E-state index in [1.807, 2.05) is 30.3 Å². The van der Waals surface area contributed by atoms with Crippen molar-refractivity contribution in [2.75, 3.05) is 5.32 Å². The van der Waals surface area contributed by atoms with Gasteiger partial charge in [0.15, 0.2) is 0 Å². The van der Waals surface area contributed by atoms with E-state index >= 15 is 0 Å². The van der Waals surface area contributed by atoms with Crippen LogP contribution in [0.15, 0.2) is 48.5 Å². The highest BCUT2D eigenvalue weighted by Crippen LogP contribution is 2.49. The summed E-state index contributed by atoms with van der Waals surface area (Å²) in [5, 5.41) is 12.7. The maximum Gasteiger partial charge on any atom is 0.235 e. The minimum atomic E-state index is -0.420. The second-order valence-electron chi connectivity index (χ2n) is 5.07. The van der Waals surface area contributed by atoms with E-state index in [9.17, 15) is 9.90 Å². The minimum absolute atomic E-state index is 0.0333. The zero-order chi connectivity index (χ0) is 14.2. The molecule has 0 aliphatic heterocycles. The Hall–Kier alpha value is -2.00. The molecule has 1 fully saturated rings. The van der Waals surface area contributed by atoms with Crippen molar-refractivity contribution in [3.63, 3.8) is 0 Å². The number of halogens is 1. The predicted octanol–water partition coefficient (Wildman–Crippen LogP) is 3.72. The summed E-state index contributed by atoms with van der Waals surface area (Å²) in [6, 6.07) is 14.5. The molecule has 0 bridgehead atoms. The number of carbonyl (C=O) groups is 1. The van der Waals surface area contributed by atoms with Crippen LogP contribution in [0.1, 0.15) is 18.4 Å². The number of carbonyl (C=O) groups excluding carboxylic acids is 1. The third kappa shape index (κ3) is 2.25. The molecule has 1 aliphatic carbocycles. The number of nitrogens with one attached hydrogen (secondary N) is 1. The fourth-order valence-corrected chi connectivity index (χ4v) is 2.49. The van der Waals surface area contributed by atoms with Crippen LogP contribution >= 0.6 is 11.6 Å². The first-order valence-corrected chi connectivity index (χ1v) is 6.85. The molecule has 1 aliphatic rings. The fourth-order valence-electron chi connectivity index (χ4n) is 2.37. The fraction of sp³-hybridized carbons (Fsp3) is 0.188. The molecule has 2 N–H and O–H groups in total. The van der Waals surface area contributed by atoms with Crippen molar-refractivity contribution in [2.24, 2.45) is 0 Å². The molecule has 0 heterocycles. The Morgan fingerprint density at radius 1 is 1.15 bits per heavy atom. The van der Waals surface area contributed by atoms with Gasteiger partial charge in [-0.3, -0.25) is 4.79 Å². The van der Waals surface area contributed by atoms with Gasteiger partial charge in [0.25, 0.3) is 0 Å². The maximum atomic E-state index is 12.5. The Balaban J connectivity index is 1.81. The van der Waals surface area contributed by atoms with E-state index in [1.54, 1.807) is 12.1 Å². The molecule has 0 atom stereocenters. The van der Waals surface area contributed by atoms with E-state index in [0.29, 0.717) is 5.69 Å². The number of amides is 1. The summed E-state index contributed by atoms with van der Waals surface area (Å²) in [4.78, 5) is 12.5. The first-order chi connectivity index (χ1) is 9.62. The predicted molar refractivity (Wildman–Crippen MR) is 79.1 cm³/mol. The quantitative estimate of drug-likeness (QED) is 0.904. The maximum absolute atomic E-state index is 12.5. The molecular weight excluding hydrogens is 274 g/mol. The molecule has 0 unspecified atom stereocenters. The van der Waals surface area contributed by atoms with E-state index in [-0.39, 0.29) is 16.7 Å². The standard InChI is InChI=1S/C16H14ClNO2/c17-13-7-6-12(10-14(13)19)18-15(20)16(8-9-16)11-4-2-1-3-5-11/h1-7,10,19H,8-9H2,(H,18,20). The Bertz CT molecular complexity index is 651. The van der Waals surface area contributed by atoms with Crippen LogP contribution in [0.25, 0.3) is 0 Å². The molecule has 4 heteroatoms. The lowest BCUT2D eigenvalue weighted by Gasteiger charge is -2.16. The Morgan fingerprint density at radius 2 is 1.85 bits per heavy atom. The highest BCUT2D eigenvalue weighted by molar-refractivity contribution is 6.32. The first kappa shape index (κ1) is 13.0. The summed E-state index contributed by atoms with van der Waals surface area (Å²) in [7, 11) is 0. The SMILES string of the molecule is O=C(Nc1ccc(Cl)c(O)c1)C1(c2ccccc2)CC1. The summed E-state index contributed by atoms with van der Waals surface area (Å²) >= 11 is 5.75. The molecule has 20 heavy (non-hydrogen) atoms. The van der Waals surface area contributed by atoms with Crippen LogP contribution in [0.4, 0.5) is 5.69 Å². The van der Waals surface area contributed by atoms with Crippen LogP contribution < -0.4 is 5.32 Å². The summed E-state index contributed by atoms with van der Waals surface area (Å²) in [6.45, 7) is 0. The lowest BCUT2D eigenvalue weighted by molar-refractivity contribution is -0.118. The Morgan fingerprint density at radius 3 is 2.45 bits per heavy atom. The van der Waals surface area contributed by atoms with E-state index < -0.39 is 5.41 Å². The molecule has 2 aromatic rings. The second-order valence-corrected chi connectivity index (χ2v) is 5.48. The lowest BCUT2D eigenvalue weighted by atomic mass is 9.95. The summed E-state index contributed by atoms with van der Waals surface area (Å²) < 4.78 is 0. The average molecular weight is 288 g/mol. The number of hydrogen-bond acceptors (Lipinski definition) is 2. The molecule has 1 saturated carbocycles. The third-order valence-corrected chi connectivity index (χ3v) is 4.03. The molecule has 1 amide bonds. The van der Waals surface area contributed by atoms with Gasteiger partial charge in [-0.1, -0.05) is 41.9 Å². The number of anilines is 1. The monoisotopic (exact) mass is 287 g/mol. The zero-order valence-corrected chi connectivity index (χ0v) is 11.5. The topological polar surface area (TPSA) is 49.3 Å². The normalized spacial score (nSPS) is 15.7. The minimum Gasteiger partial charge on any atom is -0.506 e. The van der Waals surface area contributed by atoms with Gasteiger partial charge in [-0.25, -0.2) is 0 Å². The largest absolute Gasteiger partial charge is 0.506 e. The van der Waals surface area contributed by atoms with Crippen molar-refractivity contribution in [1.29, 1.82) is 0 Å². The van der Waals surface area contributed by atoms with Crippen molar-refractivity contribution >= 4 is 23.2 Å². The van der Waals surface area contributed by atoms with Gasteiger partial charge in [0.05, 0.1) is 10.4 Å². The lowest BCUT2D eigenvalue weighted by Crippen LogP contribution is -2.27. The number of aromatic hydroxyl groups is 1. The molecule has 0 spiro atoms. The van der Waals surface area contributed by atoms with E-state index in [2.05, 4.69) is 5.32 Å². The molecule has 3 rings (SSSR count). The summed E-state index contributed by atoms with van der Waals surface area (Å²) in [5.74, 6) is -0.0700. The van der Waals surface area contributed by atoms with Gasteiger partial charge in [-0.05, 0) is 30.5 Å². The van der Waals surface area contributed by atoms with Gasteiger partial charge in [0.1, 0.15) is 5.75 Å². The number of benzene rings is 2. The number of hydrogen-bond donors (Lipinski definition) is 2. The van der Waals surface area contributed by atoms with Crippen molar-refractivity contribution in [3.8, 4) is 5.75 Å². The number of phenols is 1. The van der Waals surface area contributed by atoms with Crippen molar-refractivity contribution in [3.05, 3.63) is 59.1 Å². The summed E-state index contributed by atoms with van der Waals surface area (Å²) in [6.07, 6.45) is 1.70. The van der Waals surface area contributed by atoms with E-state index in [0.717, 1.165) is 18.4 Å². The second kappa shape index (κ2) is 4.84. The highest BCUT2D eigenvalue weighted by Gasteiger charge is 2.51. The van der Waals surface area contributed by atoms with Crippen LogP contribution in [0.3, 0.4) is 0 Å². The molecular formula is C16H14ClNO2.